The lowest BCUT2D eigenvalue weighted by Gasteiger charge is -2.16. The van der Waals surface area contributed by atoms with Gasteiger partial charge in [-0.3, -0.25) is 10.2 Å². The van der Waals surface area contributed by atoms with Crippen LogP contribution in [0.15, 0.2) is 72.8 Å². The predicted octanol–water partition coefficient (Wildman–Crippen LogP) is 5.98. The van der Waals surface area contributed by atoms with Crippen LogP contribution in [-0.2, 0) is 0 Å². The Kier molecular flexibility index (Phi) is 7.25. The third-order valence-electron chi connectivity index (χ3n) is 5.96. The fourth-order valence-corrected chi connectivity index (χ4v) is 4.01. The number of carboxylic acid groups (broad SMARTS) is 1. The lowest BCUT2D eigenvalue weighted by atomic mass is 9.95. The Morgan fingerprint density at radius 1 is 0.919 bits per heavy atom. The number of fused-ring (bicyclic) bond motifs is 1. The summed E-state index contributed by atoms with van der Waals surface area (Å²) in [7, 11) is 0. The van der Waals surface area contributed by atoms with Gasteiger partial charge in [-0.2, -0.15) is 0 Å². The molecule has 1 amide bonds. The summed E-state index contributed by atoms with van der Waals surface area (Å²) < 4.78 is 6.27. The van der Waals surface area contributed by atoms with E-state index in [1.54, 1.807) is 18.2 Å². The molecule has 4 aromatic carbocycles. The van der Waals surface area contributed by atoms with Crippen molar-refractivity contribution in [2.45, 2.75) is 20.8 Å². The Labute approximate surface area is 215 Å². The molecule has 37 heavy (non-hydrogen) atoms. The zero-order chi connectivity index (χ0) is 26.7. The number of aryl methyl sites for hydroxylation is 1. The number of ether oxygens (including phenoxy) is 1. The van der Waals surface area contributed by atoms with Gasteiger partial charge in [-0.15, -0.1) is 0 Å². The molecule has 7 heteroatoms. The number of aromatic carboxylic acids is 1. The molecular formula is C30H29N3O4. The van der Waals surface area contributed by atoms with E-state index in [-0.39, 0.29) is 28.8 Å². The Morgan fingerprint density at radius 3 is 2.30 bits per heavy atom. The molecule has 0 aliphatic heterocycles. The first-order valence-electron chi connectivity index (χ1n) is 11.9. The highest BCUT2D eigenvalue weighted by molar-refractivity contribution is 6.02. The molecule has 4 rings (SSSR count). The second-order valence-electron chi connectivity index (χ2n) is 9.41. The molecule has 0 fully saturated rings. The molecule has 0 bridgehead atoms. The smallest absolute Gasteiger partial charge is 0.336 e. The van der Waals surface area contributed by atoms with Crippen molar-refractivity contribution in [3.8, 4) is 22.6 Å². The average Bonchev–Trinajstić information content (AvgIpc) is 2.86. The van der Waals surface area contributed by atoms with E-state index in [1.165, 1.54) is 6.07 Å². The molecule has 0 spiro atoms. The van der Waals surface area contributed by atoms with Crippen molar-refractivity contribution in [1.82, 2.24) is 5.32 Å². The third-order valence-corrected chi connectivity index (χ3v) is 5.96. The van der Waals surface area contributed by atoms with Gasteiger partial charge in [0.05, 0.1) is 5.56 Å². The van der Waals surface area contributed by atoms with Crippen molar-refractivity contribution in [3.05, 3.63) is 95.1 Å². The largest absolute Gasteiger partial charge is 0.478 e. The van der Waals surface area contributed by atoms with Gasteiger partial charge in [-0.25, -0.2) is 4.79 Å². The number of hydrogen-bond donors (Lipinski definition) is 4. The summed E-state index contributed by atoms with van der Waals surface area (Å²) in [5.41, 5.74) is 8.56. The van der Waals surface area contributed by atoms with Crippen molar-refractivity contribution in [1.29, 1.82) is 5.41 Å². The number of nitrogens with one attached hydrogen (secondary N) is 2. The van der Waals surface area contributed by atoms with E-state index in [2.05, 4.69) is 5.32 Å². The second-order valence-corrected chi connectivity index (χ2v) is 9.41. The molecule has 5 N–H and O–H groups in total. The number of nitrogens with two attached hydrogens (primary N) is 1. The predicted molar refractivity (Wildman–Crippen MR) is 146 cm³/mol. The van der Waals surface area contributed by atoms with Gasteiger partial charge in [0.2, 0.25) is 0 Å². The molecule has 4 aromatic rings. The number of carbonyl (C=O) groups excluding carboxylic acids is 1. The van der Waals surface area contributed by atoms with E-state index in [0.29, 0.717) is 34.7 Å². The van der Waals surface area contributed by atoms with Crippen molar-refractivity contribution in [2.75, 3.05) is 6.54 Å². The van der Waals surface area contributed by atoms with Gasteiger partial charge >= 0.3 is 5.97 Å². The van der Waals surface area contributed by atoms with Gasteiger partial charge in [0.25, 0.3) is 5.91 Å². The Bertz CT molecular complexity index is 1530. The number of hydrogen-bond acceptors (Lipinski definition) is 4. The molecular weight excluding hydrogens is 466 g/mol. The minimum absolute atomic E-state index is 0.00397. The van der Waals surface area contributed by atoms with Crippen LogP contribution in [0.5, 0.6) is 11.5 Å². The van der Waals surface area contributed by atoms with Crippen LogP contribution in [-0.4, -0.2) is 29.4 Å². The van der Waals surface area contributed by atoms with E-state index >= 15 is 0 Å². The molecule has 0 unspecified atom stereocenters. The lowest BCUT2D eigenvalue weighted by Crippen LogP contribution is -2.27. The minimum Gasteiger partial charge on any atom is -0.478 e. The molecule has 0 aliphatic carbocycles. The lowest BCUT2D eigenvalue weighted by molar-refractivity contribution is 0.0697. The molecule has 0 radical (unpaired) electrons. The zero-order valence-corrected chi connectivity index (χ0v) is 21.0. The number of carbonyl (C=O) groups is 2. The summed E-state index contributed by atoms with van der Waals surface area (Å²) in [6.07, 6.45) is 0. The summed E-state index contributed by atoms with van der Waals surface area (Å²) in [4.78, 5) is 24.7. The van der Waals surface area contributed by atoms with E-state index in [9.17, 15) is 14.7 Å². The first-order valence-corrected chi connectivity index (χ1v) is 11.9. The minimum atomic E-state index is -1.13. The molecule has 0 heterocycles. The van der Waals surface area contributed by atoms with Gasteiger partial charge in [0, 0.05) is 23.2 Å². The van der Waals surface area contributed by atoms with Crippen molar-refractivity contribution in [3.63, 3.8) is 0 Å². The fraction of sp³-hybridized carbons (Fsp3) is 0.167. The second kappa shape index (κ2) is 10.5. The zero-order valence-electron chi connectivity index (χ0n) is 21.0. The maximum Gasteiger partial charge on any atom is 0.336 e. The molecule has 0 aliphatic rings. The Hall–Kier alpha value is -4.65. The maximum atomic E-state index is 12.5. The van der Waals surface area contributed by atoms with Crippen LogP contribution in [0.3, 0.4) is 0 Å². The van der Waals surface area contributed by atoms with Crippen molar-refractivity contribution >= 4 is 28.5 Å². The fourth-order valence-electron chi connectivity index (χ4n) is 4.01. The highest BCUT2D eigenvalue weighted by Crippen LogP contribution is 2.37. The molecule has 188 valence electrons. The number of rotatable bonds is 8. The van der Waals surface area contributed by atoms with Crippen molar-refractivity contribution in [2.24, 2.45) is 11.7 Å². The molecule has 7 nitrogen and oxygen atoms in total. The highest BCUT2D eigenvalue weighted by atomic mass is 16.5. The standard InChI is InChI=1S/C30H29N3O4/c1-17(2)16-33-29(34)22-8-11-24(26(15-22)30(35)36)25-10-4-18(3)12-27(25)37-23-9-7-19-13-21(28(31)32)6-5-20(19)14-23/h4-15,17H,16H2,1-3H3,(H3,31,32)(H,33,34)(H,35,36). The van der Waals surface area contributed by atoms with Crippen LogP contribution in [0, 0.1) is 18.3 Å². The van der Waals surface area contributed by atoms with Crippen molar-refractivity contribution < 1.29 is 19.4 Å². The number of carboxylic acids is 1. The summed E-state index contributed by atoms with van der Waals surface area (Å²) in [5.74, 6) is -0.0834. The first-order chi connectivity index (χ1) is 17.6. The van der Waals surface area contributed by atoms with Crippen LogP contribution in [0.1, 0.15) is 45.7 Å². The van der Waals surface area contributed by atoms with Gasteiger partial charge in [0.1, 0.15) is 17.3 Å². The number of benzene rings is 4. The Morgan fingerprint density at radius 2 is 1.59 bits per heavy atom. The monoisotopic (exact) mass is 495 g/mol. The van der Waals surface area contributed by atoms with Crippen LogP contribution >= 0.6 is 0 Å². The molecule has 0 saturated carbocycles. The van der Waals surface area contributed by atoms with E-state index in [1.807, 2.05) is 69.3 Å². The van der Waals surface area contributed by atoms with Gasteiger partial charge in [0.15, 0.2) is 0 Å². The number of amides is 1. The Balaban J connectivity index is 1.72. The maximum absolute atomic E-state index is 12.5. The SMILES string of the molecule is Cc1ccc(-c2ccc(C(=O)NCC(C)C)cc2C(=O)O)c(Oc2ccc3cc(C(=N)N)ccc3c2)c1. The normalized spacial score (nSPS) is 10.9. The van der Waals surface area contributed by atoms with E-state index in [4.69, 9.17) is 15.9 Å². The van der Waals surface area contributed by atoms with E-state index < -0.39 is 5.97 Å². The summed E-state index contributed by atoms with van der Waals surface area (Å²) in [6, 6.07) is 21.3. The quantitative estimate of drug-likeness (QED) is 0.177. The molecule has 0 saturated heterocycles. The van der Waals surface area contributed by atoms with Gasteiger partial charge in [-0.1, -0.05) is 50.2 Å². The van der Waals surface area contributed by atoms with E-state index in [0.717, 1.165) is 16.3 Å². The first kappa shape index (κ1) is 25.4. The highest BCUT2D eigenvalue weighted by Gasteiger charge is 2.19. The number of nitrogen functional groups attached to an aromatic ring is 1. The number of amidine groups is 1. The van der Waals surface area contributed by atoms with Crippen LogP contribution in [0.2, 0.25) is 0 Å². The molecule has 0 atom stereocenters. The molecule has 0 aromatic heterocycles. The van der Waals surface area contributed by atoms with Gasteiger partial charge < -0.3 is 20.9 Å². The summed E-state index contributed by atoms with van der Waals surface area (Å²) in [5, 5.41) is 22.3. The van der Waals surface area contributed by atoms with Crippen LogP contribution in [0.4, 0.5) is 0 Å². The summed E-state index contributed by atoms with van der Waals surface area (Å²) >= 11 is 0. The average molecular weight is 496 g/mol. The van der Waals surface area contributed by atoms with Crippen LogP contribution < -0.4 is 15.8 Å². The van der Waals surface area contributed by atoms with Crippen LogP contribution in [0.25, 0.3) is 21.9 Å². The third kappa shape index (κ3) is 5.78. The topological polar surface area (TPSA) is 126 Å². The summed E-state index contributed by atoms with van der Waals surface area (Å²) in [6.45, 7) is 6.41. The van der Waals surface area contributed by atoms with Gasteiger partial charge in [-0.05, 0) is 71.1 Å².